The monoisotopic (exact) mass is 197 g/mol. The Balaban J connectivity index is 1.77. The summed E-state index contributed by atoms with van der Waals surface area (Å²) in [6, 6.07) is 1.42. The van der Waals surface area contributed by atoms with E-state index in [1.165, 1.54) is 51.4 Å². The molecule has 0 aromatic carbocycles. The molecule has 0 unspecified atom stereocenters. The van der Waals surface area contributed by atoms with Crippen LogP contribution in [0.5, 0.6) is 0 Å². The smallest absolute Gasteiger partial charge is 0.0724 e. The summed E-state index contributed by atoms with van der Waals surface area (Å²) in [6.07, 6.45) is 11.4. The first-order chi connectivity index (χ1) is 6.90. The molecule has 2 aliphatic carbocycles. The van der Waals surface area contributed by atoms with Crippen LogP contribution in [-0.4, -0.2) is 25.3 Å². The first-order valence-corrected chi connectivity index (χ1v) is 6.19. The fraction of sp³-hybridized carbons (Fsp3) is 1.00. The minimum absolute atomic E-state index is 0.483. The lowest BCUT2D eigenvalue weighted by molar-refractivity contribution is 0.0791. The lowest BCUT2D eigenvalue weighted by atomic mass is 9.94. The van der Waals surface area contributed by atoms with Gasteiger partial charge < -0.3 is 10.1 Å². The number of hydrogen-bond donors (Lipinski definition) is 1. The molecule has 0 aromatic heterocycles. The van der Waals surface area contributed by atoms with Gasteiger partial charge in [0.05, 0.1) is 6.10 Å². The molecule has 0 aliphatic heterocycles. The molecule has 1 N–H and O–H groups in total. The van der Waals surface area contributed by atoms with Crippen LogP contribution in [0.1, 0.15) is 51.4 Å². The van der Waals surface area contributed by atoms with Gasteiger partial charge >= 0.3 is 0 Å². The van der Waals surface area contributed by atoms with E-state index in [-0.39, 0.29) is 0 Å². The maximum absolute atomic E-state index is 5.50. The molecule has 0 saturated heterocycles. The molecule has 2 aliphatic rings. The lowest BCUT2D eigenvalue weighted by Gasteiger charge is -2.29. The molecule has 2 heteroatoms. The van der Waals surface area contributed by atoms with Crippen molar-refractivity contribution in [1.29, 1.82) is 0 Å². The number of rotatable bonds is 3. The van der Waals surface area contributed by atoms with Crippen molar-refractivity contribution >= 4 is 0 Å². The molecular weight excluding hydrogens is 174 g/mol. The first-order valence-electron chi connectivity index (χ1n) is 6.19. The van der Waals surface area contributed by atoms with Crippen molar-refractivity contribution in [2.75, 3.05) is 7.11 Å². The Bertz CT molecular complexity index is 166. The molecule has 0 amide bonds. The normalized spacial score (nSPS) is 34.9. The first kappa shape index (κ1) is 10.4. The third kappa shape index (κ3) is 2.48. The molecule has 14 heavy (non-hydrogen) atoms. The summed E-state index contributed by atoms with van der Waals surface area (Å²) >= 11 is 0. The highest BCUT2D eigenvalue weighted by Gasteiger charge is 2.29. The van der Waals surface area contributed by atoms with Crippen LogP contribution in [0.25, 0.3) is 0 Å². The maximum atomic E-state index is 5.50. The summed E-state index contributed by atoms with van der Waals surface area (Å²) in [7, 11) is 1.85. The number of nitrogens with one attached hydrogen (secondary N) is 1. The number of methoxy groups -OCH3 is 1. The zero-order valence-electron chi connectivity index (χ0n) is 9.30. The summed E-state index contributed by atoms with van der Waals surface area (Å²) < 4.78 is 5.50. The van der Waals surface area contributed by atoms with E-state index in [9.17, 15) is 0 Å². The van der Waals surface area contributed by atoms with Crippen LogP contribution in [0, 0.1) is 0 Å². The highest BCUT2D eigenvalue weighted by molar-refractivity contribution is 4.87. The predicted octanol–water partition coefficient (Wildman–Crippen LogP) is 2.48. The van der Waals surface area contributed by atoms with Gasteiger partial charge in [-0.15, -0.1) is 0 Å². The van der Waals surface area contributed by atoms with Gasteiger partial charge in [-0.2, -0.15) is 0 Å². The van der Waals surface area contributed by atoms with Gasteiger partial charge in [-0.05, 0) is 32.1 Å². The lowest BCUT2D eigenvalue weighted by Crippen LogP contribution is -2.44. The van der Waals surface area contributed by atoms with Crippen molar-refractivity contribution in [3.63, 3.8) is 0 Å². The van der Waals surface area contributed by atoms with E-state index in [1.807, 2.05) is 7.11 Å². The largest absolute Gasteiger partial charge is 0.380 e. The van der Waals surface area contributed by atoms with E-state index in [0.717, 1.165) is 6.04 Å². The summed E-state index contributed by atoms with van der Waals surface area (Å²) in [5.74, 6) is 0. The molecule has 0 radical (unpaired) electrons. The van der Waals surface area contributed by atoms with E-state index < -0.39 is 0 Å². The fourth-order valence-electron chi connectivity index (χ4n) is 2.97. The van der Waals surface area contributed by atoms with E-state index in [1.54, 1.807) is 0 Å². The molecule has 2 rings (SSSR count). The molecular formula is C12H23NO. The molecule has 2 fully saturated rings. The predicted molar refractivity (Wildman–Crippen MR) is 58.4 cm³/mol. The minimum atomic E-state index is 0.483. The molecule has 0 bridgehead atoms. The fourth-order valence-corrected chi connectivity index (χ4v) is 2.97. The van der Waals surface area contributed by atoms with E-state index in [4.69, 9.17) is 4.74 Å². The van der Waals surface area contributed by atoms with Crippen LogP contribution in [0.2, 0.25) is 0 Å². The van der Waals surface area contributed by atoms with Crippen molar-refractivity contribution in [2.24, 2.45) is 0 Å². The van der Waals surface area contributed by atoms with Crippen LogP contribution in [0.3, 0.4) is 0 Å². The van der Waals surface area contributed by atoms with Crippen LogP contribution in [0.15, 0.2) is 0 Å². The second-order valence-corrected chi connectivity index (χ2v) is 4.81. The average Bonchev–Trinajstić information content (AvgIpc) is 2.67. The zero-order valence-corrected chi connectivity index (χ0v) is 9.30. The van der Waals surface area contributed by atoms with Gasteiger partial charge in [-0.25, -0.2) is 0 Å². The highest BCUT2D eigenvalue weighted by atomic mass is 16.5. The number of ether oxygens (including phenoxy) is 1. The minimum Gasteiger partial charge on any atom is -0.380 e. The van der Waals surface area contributed by atoms with Crippen molar-refractivity contribution in [3.05, 3.63) is 0 Å². The van der Waals surface area contributed by atoms with Crippen molar-refractivity contribution in [2.45, 2.75) is 69.6 Å². The molecule has 0 spiro atoms. The van der Waals surface area contributed by atoms with Gasteiger partial charge in [0.2, 0.25) is 0 Å². The van der Waals surface area contributed by atoms with Crippen LogP contribution < -0.4 is 5.32 Å². The Morgan fingerprint density at radius 1 is 0.929 bits per heavy atom. The Morgan fingerprint density at radius 2 is 1.71 bits per heavy atom. The summed E-state index contributed by atoms with van der Waals surface area (Å²) in [4.78, 5) is 0. The second-order valence-electron chi connectivity index (χ2n) is 4.81. The molecule has 2 saturated carbocycles. The van der Waals surface area contributed by atoms with Crippen LogP contribution in [0.4, 0.5) is 0 Å². The van der Waals surface area contributed by atoms with Crippen molar-refractivity contribution < 1.29 is 4.74 Å². The Hall–Kier alpha value is -0.0800. The molecule has 0 aromatic rings. The Morgan fingerprint density at radius 3 is 2.43 bits per heavy atom. The summed E-state index contributed by atoms with van der Waals surface area (Å²) in [5.41, 5.74) is 0. The topological polar surface area (TPSA) is 21.3 Å². The molecule has 2 atom stereocenters. The van der Waals surface area contributed by atoms with Crippen LogP contribution in [-0.2, 0) is 4.74 Å². The van der Waals surface area contributed by atoms with E-state index >= 15 is 0 Å². The van der Waals surface area contributed by atoms with Crippen molar-refractivity contribution in [1.82, 2.24) is 5.32 Å². The third-order valence-electron chi connectivity index (χ3n) is 3.81. The SMILES string of the molecule is CO[C@@H]1CCC[C@H]1NC1CCCCC1. The molecule has 0 heterocycles. The summed E-state index contributed by atoms with van der Waals surface area (Å²) in [6.45, 7) is 0. The second kappa shape index (κ2) is 5.13. The van der Waals surface area contributed by atoms with Gasteiger partial charge in [0.1, 0.15) is 0 Å². The van der Waals surface area contributed by atoms with Gasteiger partial charge in [0.25, 0.3) is 0 Å². The zero-order chi connectivity index (χ0) is 9.80. The molecule has 82 valence electrons. The van der Waals surface area contributed by atoms with Crippen molar-refractivity contribution in [3.8, 4) is 0 Å². The molecule has 2 nitrogen and oxygen atoms in total. The summed E-state index contributed by atoms with van der Waals surface area (Å²) in [5, 5.41) is 3.79. The maximum Gasteiger partial charge on any atom is 0.0724 e. The highest BCUT2D eigenvalue weighted by Crippen LogP contribution is 2.25. The quantitative estimate of drug-likeness (QED) is 0.750. The van der Waals surface area contributed by atoms with Gasteiger partial charge in [0.15, 0.2) is 0 Å². The van der Waals surface area contributed by atoms with E-state index in [0.29, 0.717) is 12.1 Å². The van der Waals surface area contributed by atoms with Crippen LogP contribution >= 0.6 is 0 Å². The standard InChI is InChI=1S/C12H23NO/c1-14-12-9-5-8-11(12)13-10-6-3-2-4-7-10/h10-13H,2-9H2,1H3/t11-,12-/m1/s1. The van der Waals surface area contributed by atoms with Gasteiger partial charge in [0, 0.05) is 19.2 Å². The van der Waals surface area contributed by atoms with Gasteiger partial charge in [-0.1, -0.05) is 19.3 Å². The number of hydrogen-bond acceptors (Lipinski definition) is 2. The Labute approximate surface area is 87.4 Å². The Kier molecular flexibility index (Phi) is 3.82. The third-order valence-corrected chi connectivity index (χ3v) is 3.81. The van der Waals surface area contributed by atoms with Gasteiger partial charge in [-0.3, -0.25) is 0 Å². The van der Waals surface area contributed by atoms with E-state index in [2.05, 4.69) is 5.32 Å². The average molecular weight is 197 g/mol.